The molecule has 1 aromatic carbocycles. The van der Waals surface area contributed by atoms with Gasteiger partial charge < -0.3 is 5.32 Å². The molecule has 0 aromatic heterocycles. The van der Waals surface area contributed by atoms with Gasteiger partial charge in [-0.15, -0.1) is 11.6 Å². The first kappa shape index (κ1) is 14.8. The molecule has 1 aromatic rings. The van der Waals surface area contributed by atoms with E-state index in [0.717, 1.165) is 4.47 Å². The largest absolute Gasteiger partial charge is 0.351 e. The van der Waals surface area contributed by atoms with Gasteiger partial charge in [0.05, 0.1) is 10.4 Å². The highest BCUT2D eigenvalue weighted by Gasteiger charge is 2.12. The fraction of sp³-hybridized carbons (Fsp3) is 0.417. The minimum atomic E-state index is -0.161. The third-order valence-electron chi connectivity index (χ3n) is 2.36. The van der Waals surface area contributed by atoms with Crippen LogP contribution in [0.25, 0.3) is 0 Å². The summed E-state index contributed by atoms with van der Waals surface area (Å²) >= 11 is 15.2. The van der Waals surface area contributed by atoms with Crippen molar-refractivity contribution in [2.75, 3.05) is 6.54 Å². The number of hydrogen-bond donors (Lipinski definition) is 1. The summed E-state index contributed by atoms with van der Waals surface area (Å²) < 4.78 is 0.771. The van der Waals surface area contributed by atoms with E-state index >= 15 is 0 Å². The van der Waals surface area contributed by atoms with Crippen LogP contribution in [0, 0.1) is 5.92 Å². The highest BCUT2D eigenvalue weighted by atomic mass is 79.9. The summed E-state index contributed by atoms with van der Waals surface area (Å²) in [5.41, 5.74) is 0.533. The van der Waals surface area contributed by atoms with Crippen LogP contribution in [0.15, 0.2) is 22.7 Å². The number of amides is 1. The van der Waals surface area contributed by atoms with Crippen molar-refractivity contribution in [2.24, 2.45) is 5.92 Å². The molecule has 1 atom stereocenters. The maximum Gasteiger partial charge on any atom is 0.251 e. The van der Waals surface area contributed by atoms with Gasteiger partial charge in [0.1, 0.15) is 0 Å². The standard InChI is InChI=1S/C12H14BrCl2NO/c1-7(2)11(15)6-16-12(17)8-3-4-9(13)10(14)5-8/h3-5,7,11H,6H2,1-2H3,(H,16,17). The Morgan fingerprint density at radius 3 is 2.65 bits per heavy atom. The molecule has 2 nitrogen and oxygen atoms in total. The van der Waals surface area contributed by atoms with Crippen molar-refractivity contribution in [3.05, 3.63) is 33.3 Å². The Hall–Kier alpha value is -0.250. The average molecular weight is 339 g/mol. The van der Waals surface area contributed by atoms with Gasteiger partial charge in [0.15, 0.2) is 0 Å². The van der Waals surface area contributed by atoms with Gasteiger partial charge in [-0.25, -0.2) is 0 Å². The van der Waals surface area contributed by atoms with Gasteiger partial charge in [-0.1, -0.05) is 25.4 Å². The molecule has 5 heteroatoms. The molecule has 1 amide bonds. The van der Waals surface area contributed by atoms with Gasteiger partial charge in [0.25, 0.3) is 5.91 Å². The number of carbonyl (C=O) groups is 1. The summed E-state index contributed by atoms with van der Waals surface area (Å²) in [6, 6.07) is 5.08. The van der Waals surface area contributed by atoms with E-state index in [1.807, 2.05) is 13.8 Å². The van der Waals surface area contributed by atoms with E-state index < -0.39 is 0 Å². The predicted molar refractivity (Wildman–Crippen MR) is 76.0 cm³/mol. The van der Waals surface area contributed by atoms with Gasteiger partial charge >= 0.3 is 0 Å². The molecule has 0 aliphatic heterocycles. The Morgan fingerprint density at radius 1 is 1.47 bits per heavy atom. The van der Waals surface area contributed by atoms with Crippen molar-refractivity contribution >= 4 is 45.0 Å². The van der Waals surface area contributed by atoms with Crippen LogP contribution in [0.1, 0.15) is 24.2 Å². The van der Waals surface area contributed by atoms with Crippen LogP contribution in [-0.2, 0) is 0 Å². The fourth-order valence-electron chi connectivity index (χ4n) is 1.17. The molecule has 0 heterocycles. The lowest BCUT2D eigenvalue weighted by Crippen LogP contribution is -2.31. The molecule has 17 heavy (non-hydrogen) atoms. The second-order valence-electron chi connectivity index (χ2n) is 4.10. The minimum absolute atomic E-state index is 0.0649. The maximum atomic E-state index is 11.8. The molecular formula is C12H14BrCl2NO. The van der Waals surface area contributed by atoms with E-state index in [1.54, 1.807) is 18.2 Å². The number of benzene rings is 1. The monoisotopic (exact) mass is 337 g/mol. The molecule has 1 N–H and O–H groups in total. The number of carbonyl (C=O) groups excluding carboxylic acids is 1. The van der Waals surface area contributed by atoms with Gasteiger partial charge in [0, 0.05) is 16.6 Å². The summed E-state index contributed by atoms with van der Waals surface area (Å²) in [6.45, 7) is 4.48. The minimum Gasteiger partial charge on any atom is -0.351 e. The highest BCUT2D eigenvalue weighted by Crippen LogP contribution is 2.23. The van der Waals surface area contributed by atoms with Gasteiger partial charge in [-0.2, -0.15) is 0 Å². The molecule has 0 radical (unpaired) electrons. The van der Waals surface area contributed by atoms with Crippen molar-refractivity contribution in [2.45, 2.75) is 19.2 Å². The summed E-state index contributed by atoms with van der Waals surface area (Å²) in [7, 11) is 0. The highest BCUT2D eigenvalue weighted by molar-refractivity contribution is 9.10. The zero-order chi connectivity index (χ0) is 13.0. The molecule has 0 saturated carbocycles. The number of nitrogens with one attached hydrogen (secondary N) is 1. The Kier molecular flexibility index (Phi) is 5.77. The molecule has 0 aliphatic rings. The molecule has 0 saturated heterocycles. The van der Waals surface area contributed by atoms with Crippen LogP contribution < -0.4 is 5.32 Å². The van der Waals surface area contributed by atoms with Crippen molar-refractivity contribution in [1.29, 1.82) is 0 Å². The van der Waals surface area contributed by atoms with Crippen molar-refractivity contribution in [1.82, 2.24) is 5.32 Å². The lowest BCUT2D eigenvalue weighted by atomic mass is 10.1. The van der Waals surface area contributed by atoms with Gasteiger partial charge in [-0.05, 0) is 40.0 Å². The molecule has 0 aliphatic carbocycles. The number of alkyl halides is 1. The van der Waals surface area contributed by atoms with E-state index in [1.165, 1.54) is 0 Å². The van der Waals surface area contributed by atoms with Crippen LogP contribution in [-0.4, -0.2) is 17.8 Å². The zero-order valence-electron chi connectivity index (χ0n) is 9.64. The zero-order valence-corrected chi connectivity index (χ0v) is 12.7. The summed E-state index contributed by atoms with van der Waals surface area (Å²) in [6.07, 6.45) is 0. The van der Waals surface area contributed by atoms with E-state index in [2.05, 4.69) is 21.2 Å². The van der Waals surface area contributed by atoms with E-state index in [9.17, 15) is 4.79 Å². The first-order valence-corrected chi connectivity index (χ1v) is 6.90. The third kappa shape index (κ3) is 4.49. The van der Waals surface area contributed by atoms with Crippen LogP contribution in [0.2, 0.25) is 5.02 Å². The van der Waals surface area contributed by atoms with Crippen LogP contribution in [0.4, 0.5) is 0 Å². The normalized spacial score (nSPS) is 12.6. The second kappa shape index (κ2) is 6.62. The molecule has 0 fully saturated rings. The van der Waals surface area contributed by atoms with Crippen molar-refractivity contribution in [3.63, 3.8) is 0 Å². The van der Waals surface area contributed by atoms with Crippen molar-refractivity contribution < 1.29 is 4.79 Å². The second-order valence-corrected chi connectivity index (χ2v) is 5.92. The fourth-order valence-corrected chi connectivity index (χ4v) is 1.67. The first-order chi connectivity index (χ1) is 7.91. The Labute approximate surface area is 120 Å². The van der Waals surface area contributed by atoms with Crippen LogP contribution in [0.5, 0.6) is 0 Å². The number of rotatable bonds is 4. The molecule has 1 unspecified atom stereocenters. The lowest BCUT2D eigenvalue weighted by molar-refractivity contribution is 0.0952. The number of hydrogen-bond acceptors (Lipinski definition) is 1. The van der Waals surface area contributed by atoms with Gasteiger partial charge in [-0.3, -0.25) is 4.79 Å². The average Bonchev–Trinajstić information content (AvgIpc) is 2.28. The summed E-state index contributed by atoms with van der Waals surface area (Å²) in [4.78, 5) is 11.8. The Morgan fingerprint density at radius 2 is 2.12 bits per heavy atom. The molecular weight excluding hydrogens is 325 g/mol. The van der Waals surface area contributed by atoms with Crippen LogP contribution >= 0.6 is 39.1 Å². The maximum absolute atomic E-state index is 11.8. The van der Waals surface area contributed by atoms with E-state index in [4.69, 9.17) is 23.2 Å². The molecule has 0 bridgehead atoms. The lowest BCUT2D eigenvalue weighted by Gasteiger charge is -2.14. The number of halogens is 3. The Balaban J connectivity index is 2.61. The van der Waals surface area contributed by atoms with E-state index in [0.29, 0.717) is 23.0 Å². The third-order valence-corrected chi connectivity index (χ3v) is 4.25. The Bertz CT molecular complexity index is 409. The summed E-state index contributed by atoms with van der Waals surface area (Å²) in [5.74, 6) is 0.163. The van der Waals surface area contributed by atoms with Crippen molar-refractivity contribution in [3.8, 4) is 0 Å². The topological polar surface area (TPSA) is 29.1 Å². The van der Waals surface area contributed by atoms with E-state index in [-0.39, 0.29) is 11.3 Å². The quantitative estimate of drug-likeness (QED) is 0.823. The van der Waals surface area contributed by atoms with Gasteiger partial charge in [0.2, 0.25) is 0 Å². The summed E-state index contributed by atoms with van der Waals surface area (Å²) in [5, 5.41) is 3.23. The predicted octanol–water partition coefficient (Wildman–Crippen LogP) is 4.10. The SMILES string of the molecule is CC(C)C(Cl)CNC(=O)c1ccc(Br)c(Cl)c1. The first-order valence-electron chi connectivity index (χ1n) is 5.29. The smallest absolute Gasteiger partial charge is 0.251 e. The molecule has 0 spiro atoms. The molecule has 1 rings (SSSR count). The molecule has 94 valence electrons. The van der Waals surface area contributed by atoms with Crippen LogP contribution in [0.3, 0.4) is 0 Å².